The lowest BCUT2D eigenvalue weighted by atomic mass is 10.1. The van der Waals surface area contributed by atoms with Crippen LogP contribution in [0.25, 0.3) is 0 Å². The summed E-state index contributed by atoms with van der Waals surface area (Å²) in [5.41, 5.74) is 3.73. The molecule has 1 heterocycles. The van der Waals surface area contributed by atoms with E-state index in [2.05, 4.69) is 21.2 Å². The summed E-state index contributed by atoms with van der Waals surface area (Å²) in [6.45, 7) is 4.37. The van der Waals surface area contributed by atoms with Crippen molar-refractivity contribution in [3.8, 4) is 0 Å². The van der Waals surface area contributed by atoms with Crippen LogP contribution < -0.4 is 10.2 Å². The first-order chi connectivity index (χ1) is 11.5. The molecule has 0 saturated carbocycles. The van der Waals surface area contributed by atoms with Gasteiger partial charge in [-0.2, -0.15) is 0 Å². The van der Waals surface area contributed by atoms with Crippen LogP contribution in [0, 0.1) is 19.8 Å². The van der Waals surface area contributed by atoms with Crippen LogP contribution in [0.4, 0.5) is 11.4 Å². The number of hydrogen-bond acceptors (Lipinski definition) is 2. The molecule has 124 valence electrons. The zero-order valence-electron chi connectivity index (χ0n) is 13.7. The molecule has 5 heteroatoms. The molecule has 2 aromatic carbocycles. The van der Waals surface area contributed by atoms with E-state index in [1.807, 2.05) is 56.3 Å². The van der Waals surface area contributed by atoms with Crippen LogP contribution in [0.1, 0.15) is 17.5 Å². The molecule has 1 N–H and O–H groups in total. The minimum absolute atomic E-state index is 0.00330. The molecule has 3 rings (SSSR count). The van der Waals surface area contributed by atoms with Gasteiger partial charge < -0.3 is 10.2 Å². The van der Waals surface area contributed by atoms with Gasteiger partial charge >= 0.3 is 0 Å². The van der Waals surface area contributed by atoms with E-state index < -0.39 is 0 Å². The molecule has 1 aliphatic rings. The van der Waals surface area contributed by atoms with Gasteiger partial charge in [-0.05, 0) is 49.2 Å². The van der Waals surface area contributed by atoms with Crippen LogP contribution >= 0.6 is 15.9 Å². The largest absolute Gasteiger partial charge is 0.326 e. The average Bonchev–Trinajstić information content (AvgIpc) is 2.93. The maximum atomic E-state index is 12.5. The normalized spacial score (nSPS) is 17.2. The Bertz CT molecular complexity index is 804. The number of aryl methyl sites for hydroxylation is 2. The van der Waals surface area contributed by atoms with Crippen LogP contribution in [-0.4, -0.2) is 18.4 Å². The Kier molecular flexibility index (Phi) is 4.71. The molecule has 0 radical (unpaired) electrons. The first kappa shape index (κ1) is 16.7. The van der Waals surface area contributed by atoms with Crippen molar-refractivity contribution in [2.75, 3.05) is 16.8 Å². The number of carbonyl (C=O) groups excluding carboxylic acids is 2. The van der Waals surface area contributed by atoms with Crippen molar-refractivity contribution in [2.24, 2.45) is 5.92 Å². The zero-order valence-corrected chi connectivity index (χ0v) is 15.3. The number of carbonyl (C=O) groups is 2. The summed E-state index contributed by atoms with van der Waals surface area (Å²) in [5, 5.41) is 2.92. The highest BCUT2D eigenvalue weighted by Gasteiger charge is 2.35. The summed E-state index contributed by atoms with van der Waals surface area (Å²) in [6, 6.07) is 13.4. The fraction of sp³-hybridized carbons (Fsp3) is 0.263. The second-order valence-corrected chi connectivity index (χ2v) is 7.00. The molecule has 1 atom stereocenters. The third kappa shape index (κ3) is 3.36. The first-order valence-electron chi connectivity index (χ1n) is 7.88. The van der Waals surface area contributed by atoms with E-state index in [9.17, 15) is 9.59 Å². The summed E-state index contributed by atoms with van der Waals surface area (Å²) in [5.74, 6) is -0.446. The maximum absolute atomic E-state index is 12.5. The topological polar surface area (TPSA) is 49.4 Å². The van der Waals surface area contributed by atoms with Gasteiger partial charge in [0.25, 0.3) is 0 Å². The molecular weight excluding hydrogens is 368 g/mol. The van der Waals surface area contributed by atoms with Gasteiger partial charge in [-0.1, -0.05) is 34.1 Å². The lowest BCUT2D eigenvalue weighted by molar-refractivity contribution is -0.122. The number of para-hydroxylation sites is 1. The Morgan fingerprint density at radius 3 is 2.62 bits per heavy atom. The zero-order chi connectivity index (χ0) is 17.3. The van der Waals surface area contributed by atoms with Crippen molar-refractivity contribution < 1.29 is 9.59 Å². The number of nitrogens with one attached hydrogen (secondary N) is 1. The number of anilines is 2. The van der Waals surface area contributed by atoms with Crippen LogP contribution in [0.5, 0.6) is 0 Å². The molecule has 0 spiro atoms. The Labute approximate surface area is 150 Å². The summed E-state index contributed by atoms with van der Waals surface area (Å²) in [7, 11) is 0. The lowest BCUT2D eigenvalue weighted by Crippen LogP contribution is -2.28. The summed E-state index contributed by atoms with van der Waals surface area (Å²) >= 11 is 3.45. The molecule has 2 amide bonds. The van der Waals surface area contributed by atoms with Crippen LogP contribution in [0.2, 0.25) is 0 Å². The SMILES string of the molecule is Cc1cc(NC(=O)[C@H]2CC(=O)N(c3ccccc3C)C2)ccc1Br. The highest BCUT2D eigenvalue weighted by Crippen LogP contribution is 2.28. The minimum atomic E-state index is -0.332. The molecule has 0 unspecified atom stereocenters. The monoisotopic (exact) mass is 386 g/mol. The van der Waals surface area contributed by atoms with Crippen LogP contribution in [0.15, 0.2) is 46.9 Å². The van der Waals surface area contributed by atoms with E-state index in [0.717, 1.165) is 27.0 Å². The van der Waals surface area contributed by atoms with Gasteiger partial charge in [-0.3, -0.25) is 9.59 Å². The van der Waals surface area contributed by atoms with Gasteiger partial charge in [-0.25, -0.2) is 0 Å². The van der Waals surface area contributed by atoms with Gasteiger partial charge in [0, 0.05) is 28.8 Å². The standard InChI is InChI=1S/C19H19BrN2O2/c1-12-5-3-4-6-17(12)22-11-14(10-18(22)23)19(24)21-15-7-8-16(20)13(2)9-15/h3-9,14H,10-11H2,1-2H3,(H,21,24)/t14-/m0/s1. The fourth-order valence-corrected chi connectivity index (χ4v) is 3.20. The van der Waals surface area contributed by atoms with Crippen molar-refractivity contribution in [3.63, 3.8) is 0 Å². The molecule has 0 bridgehead atoms. The molecule has 2 aromatic rings. The highest BCUT2D eigenvalue weighted by atomic mass is 79.9. The van der Waals surface area contributed by atoms with Gasteiger partial charge in [0.2, 0.25) is 11.8 Å². The molecule has 0 aliphatic carbocycles. The molecule has 24 heavy (non-hydrogen) atoms. The predicted molar refractivity (Wildman–Crippen MR) is 99.1 cm³/mol. The van der Waals surface area contributed by atoms with Crippen molar-refractivity contribution in [3.05, 3.63) is 58.1 Å². The van der Waals surface area contributed by atoms with Gasteiger partial charge in [0.15, 0.2) is 0 Å². The van der Waals surface area contributed by atoms with Gasteiger partial charge in [-0.15, -0.1) is 0 Å². The number of hydrogen-bond donors (Lipinski definition) is 1. The molecular formula is C19H19BrN2O2. The minimum Gasteiger partial charge on any atom is -0.326 e. The molecule has 0 aromatic heterocycles. The Morgan fingerprint density at radius 1 is 1.17 bits per heavy atom. The van der Waals surface area contributed by atoms with Crippen LogP contribution in [0.3, 0.4) is 0 Å². The number of nitrogens with zero attached hydrogens (tertiary/aromatic N) is 1. The van der Waals surface area contributed by atoms with E-state index in [-0.39, 0.29) is 24.2 Å². The number of amides is 2. The van der Waals surface area contributed by atoms with Crippen molar-refractivity contribution in [1.29, 1.82) is 0 Å². The van der Waals surface area contributed by atoms with E-state index in [4.69, 9.17) is 0 Å². The Hall–Kier alpha value is -2.14. The second-order valence-electron chi connectivity index (χ2n) is 6.15. The molecule has 1 aliphatic heterocycles. The summed E-state index contributed by atoms with van der Waals surface area (Å²) in [6.07, 6.45) is 0.246. The summed E-state index contributed by atoms with van der Waals surface area (Å²) < 4.78 is 1.00. The van der Waals surface area contributed by atoms with E-state index >= 15 is 0 Å². The van der Waals surface area contributed by atoms with Gasteiger partial charge in [0.05, 0.1) is 5.92 Å². The Morgan fingerprint density at radius 2 is 1.92 bits per heavy atom. The van der Waals surface area contributed by atoms with E-state index in [1.165, 1.54) is 0 Å². The van der Waals surface area contributed by atoms with Crippen molar-refractivity contribution >= 4 is 39.1 Å². The third-order valence-electron chi connectivity index (χ3n) is 4.33. The molecule has 1 saturated heterocycles. The number of rotatable bonds is 3. The first-order valence-corrected chi connectivity index (χ1v) is 8.68. The number of halogens is 1. The predicted octanol–water partition coefficient (Wildman–Crippen LogP) is 4.06. The molecule has 4 nitrogen and oxygen atoms in total. The lowest BCUT2D eigenvalue weighted by Gasteiger charge is -2.19. The van der Waals surface area contributed by atoms with E-state index in [1.54, 1.807) is 4.90 Å². The molecule has 1 fully saturated rings. The van der Waals surface area contributed by atoms with Crippen LogP contribution in [-0.2, 0) is 9.59 Å². The van der Waals surface area contributed by atoms with Crippen molar-refractivity contribution in [2.45, 2.75) is 20.3 Å². The highest BCUT2D eigenvalue weighted by molar-refractivity contribution is 9.10. The average molecular weight is 387 g/mol. The number of benzene rings is 2. The third-order valence-corrected chi connectivity index (χ3v) is 5.22. The summed E-state index contributed by atoms with van der Waals surface area (Å²) in [4.78, 5) is 26.6. The maximum Gasteiger partial charge on any atom is 0.229 e. The van der Waals surface area contributed by atoms with E-state index in [0.29, 0.717) is 6.54 Å². The smallest absolute Gasteiger partial charge is 0.229 e. The fourth-order valence-electron chi connectivity index (χ4n) is 2.95. The second kappa shape index (κ2) is 6.77. The Balaban J connectivity index is 1.72. The van der Waals surface area contributed by atoms with Crippen molar-refractivity contribution in [1.82, 2.24) is 0 Å². The van der Waals surface area contributed by atoms with Gasteiger partial charge in [0.1, 0.15) is 0 Å². The quantitative estimate of drug-likeness (QED) is 0.864.